The molecule has 2 heterocycles. The number of likely N-dealkylation sites (N-methyl/N-ethyl adjacent to an activating group) is 1. The molecule has 0 amide bonds. The lowest BCUT2D eigenvalue weighted by Crippen LogP contribution is -2.38. The Hall–Kier alpha value is -1.85. The van der Waals surface area contributed by atoms with E-state index in [0.29, 0.717) is 12.0 Å². The van der Waals surface area contributed by atoms with Crippen molar-refractivity contribution in [2.75, 3.05) is 39.0 Å². The summed E-state index contributed by atoms with van der Waals surface area (Å²) >= 11 is 0. The molecule has 0 fully saturated rings. The molecule has 1 aromatic heterocycles. The maximum Gasteiger partial charge on any atom is 0.124 e. The van der Waals surface area contributed by atoms with Crippen LogP contribution in [0.2, 0.25) is 0 Å². The van der Waals surface area contributed by atoms with Gasteiger partial charge in [-0.15, -0.1) is 0 Å². The average Bonchev–Trinajstić information content (AvgIpc) is 3.06. The molecule has 130 valence electrons. The van der Waals surface area contributed by atoms with Crippen LogP contribution in [0, 0.1) is 5.92 Å². The van der Waals surface area contributed by atoms with Crippen molar-refractivity contribution in [1.29, 1.82) is 0 Å². The highest BCUT2D eigenvalue weighted by Gasteiger charge is 2.19. The highest BCUT2D eigenvalue weighted by molar-refractivity contribution is 5.35. The number of aromatic nitrogens is 2. The van der Waals surface area contributed by atoms with Gasteiger partial charge in [0.25, 0.3) is 0 Å². The van der Waals surface area contributed by atoms with Gasteiger partial charge in [0.2, 0.25) is 0 Å². The molecular formula is C19H29N5. The van der Waals surface area contributed by atoms with Crippen LogP contribution in [-0.2, 0) is 13.0 Å². The monoisotopic (exact) mass is 327 g/mol. The highest BCUT2D eigenvalue weighted by Crippen LogP contribution is 2.19. The third kappa shape index (κ3) is 3.97. The maximum atomic E-state index is 4.36. The van der Waals surface area contributed by atoms with E-state index in [2.05, 4.69) is 70.6 Å². The van der Waals surface area contributed by atoms with Crippen molar-refractivity contribution in [2.24, 2.45) is 5.92 Å². The van der Waals surface area contributed by atoms with Gasteiger partial charge in [-0.1, -0.05) is 31.2 Å². The summed E-state index contributed by atoms with van der Waals surface area (Å²) in [6.45, 7) is 6.16. The maximum absolute atomic E-state index is 4.36. The van der Waals surface area contributed by atoms with Gasteiger partial charge in [0.1, 0.15) is 5.82 Å². The number of fused-ring (bicyclic) bond motifs is 1. The van der Waals surface area contributed by atoms with Crippen LogP contribution < -0.4 is 10.6 Å². The molecule has 1 aliphatic rings. The van der Waals surface area contributed by atoms with Crippen molar-refractivity contribution in [3.05, 3.63) is 47.7 Å². The number of anilines is 1. The quantitative estimate of drug-likeness (QED) is 0.820. The summed E-state index contributed by atoms with van der Waals surface area (Å²) < 4.78 is 2.06. The number of hydrogen-bond acceptors (Lipinski definition) is 4. The second-order valence-electron chi connectivity index (χ2n) is 6.88. The lowest BCUT2D eigenvalue weighted by atomic mass is 10.0. The number of nitrogens with one attached hydrogen (secondary N) is 2. The predicted molar refractivity (Wildman–Crippen MR) is 99.3 cm³/mol. The van der Waals surface area contributed by atoms with Crippen LogP contribution in [0.3, 0.4) is 0 Å². The Morgan fingerprint density at radius 3 is 2.79 bits per heavy atom. The first-order chi connectivity index (χ1) is 11.7. The largest absolute Gasteiger partial charge is 0.370 e. The van der Waals surface area contributed by atoms with Gasteiger partial charge in [-0.2, -0.15) is 5.10 Å². The minimum Gasteiger partial charge on any atom is -0.370 e. The lowest BCUT2D eigenvalue weighted by Gasteiger charge is -2.28. The van der Waals surface area contributed by atoms with E-state index in [1.54, 1.807) is 0 Å². The average molecular weight is 327 g/mol. The van der Waals surface area contributed by atoms with Gasteiger partial charge in [-0.3, -0.25) is 0 Å². The summed E-state index contributed by atoms with van der Waals surface area (Å²) in [5.41, 5.74) is 2.77. The second kappa shape index (κ2) is 7.81. The van der Waals surface area contributed by atoms with E-state index in [1.807, 2.05) is 12.3 Å². The highest BCUT2D eigenvalue weighted by atomic mass is 15.3. The van der Waals surface area contributed by atoms with Crippen LogP contribution in [-0.4, -0.2) is 48.4 Å². The van der Waals surface area contributed by atoms with Gasteiger partial charge >= 0.3 is 0 Å². The molecule has 3 rings (SSSR count). The SMILES string of the molecule is CCc1ccc([C@H](CNC[C@@H]2CNc3ccnn3C2)N(C)C)cc1. The van der Waals surface area contributed by atoms with E-state index in [1.165, 1.54) is 11.1 Å². The second-order valence-corrected chi connectivity index (χ2v) is 6.88. The van der Waals surface area contributed by atoms with Crippen molar-refractivity contribution in [3.63, 3.8) is 0 Å². The Balaban J connectivity index is 1.53. The van der Waals surface area contributed by atoms with Gasteiger partial charge in [-0.05, 0) is 31.6 Å². The summed E-state index contributed by atoms with van der Waals surface area (Å²) in [5, 5.41) is 11.5. The zero-order chi connectivity index (χ0) is 16.9. The van der Waals surface area contributed by atoms with E-state index in [0.717, 1.165) is 38.4 Å². The van der Waals surface area contributed by atoms with Crippen LogP contribution in [0.25, 0.3) is 0 Å². The number of benzene rings is 1. The van der Waals surface area contributed by atoms with E-state index in [9.17, 15) is 0 Å². The number of aryl methyl sites for hydroxylation is 1. The Kier molecular flexibility index (Phi) is 5.53. The van der Waals surface area contributed by atoms with Crippen molar-refractivity contribution < 1.29 is 0 Å². The van der Waals surface area contributed by atoms with E-state index in [4.69, 9.17) is 0 Å². The van der Waals surface area contributed by atoms with Crippen LogP contribution in [0.1, 0.15) is 24.1 Å². The molecule has 0 saturated carbocycles. The molecule has 0 bridgehead atoms. The smallest absolute Gasteiger partial charge is 0.124 e. The first-order valence-electron chi connectivity index (χ1n) is 8.89. The van der Waals surface area contributed by atoms with Gasteiger partial charge in [-0.25, -0.2) is 4.68 Å². The van der Waals surface area contributed by atoms with Gasteiger partial charge in [0.15, 0.2) is 0 Å². The molecule has 24 heavy (non-hydrogen) atoms. The summed E-state index contributed by atoms with van der Waals surface area (Å²) in [4.78, 5) is 2.29. The third-order valence-corrected chi connectivity index (χ3v) is 4.89. The van der Waals surface area contributed by atoms with Crippen LogP contribution in [0.15, 0.2) is 36.5 Å². The summed E-state index contributed by atoms with van der Waals surface area (Å²) in [6.07, 6.45) is 2.95. The fourth-order valence-electron chi connectivity index (χ4n) is 3.32. The number of nitrogens with zero attached hydrogens (tertiary/aromatic N) is 3. The molecule has 2 aromatic rings. The molecule has 5 heteroatoms. The molecule has 0 radical (unpaired) electrons. The fraction of sp³-hybridized carbons (Fsp3) is 0.526. The van der Waals surface area contributed by atoms with Crippen molar-refractivity contribution >= 4 is 5.82 Å². The Bertz CT molecular complexity index is 631. The molecule has 1 aromatic carbocycles. The van der Waals surface area contributed by atoms with E-state index in [-0.39, 0.29) is 0 Å². The van der Waals surface area contributed by atoms with Gasteiger partial charge in [0, 0.05) is 44.2 Å². The standard InChI is InChI=1S/C19H29N5/c1-4-15-5-7-17(8-6-15)18(23(2)3)13-20-11-16-12-21-19-9-10-22-24(19)14-16/h5-10,16,18,20-21H,4,11-14H2,1-3H3/t16-,18+/m1/s1. The first-order valence-corrected chi connectivity index (χ1v) is 8.89. The van der Waals surface area contributed by atoms with E-state index < -0.39 is 0 Å². The molecule has 0 saturated heterocycles. The van der Waals surface area contributed by atoms with Crippen LogP contribution in [0.5, 0.6) is 0 Å². The van der Waals surface area contributed by atoms with Crippen LogP contribution >= 0.6 is 0 Å². The molecule has 1 aliphatic heterocycles. The molecule has 0 spiro atoms. The summed E-state index contributed by atoms with van der Waals surface area (Å²) in [6, 6.07) is 11.5. The van der Waals surface area contributed by atoms with E-state index >= 15 is 0 Å². The van der Waals surface area contributed by atoms with Gasteiger partial charge < -0.3 is 15.5 Å². The Morgan fingerprint density at radius 2 is 2.08 bits per heavy atom. The predicted octanol–water partition coefficient (Wildman–Crippen LogP) is 2.38. The molecule has 5 nitrogen and oxygen atoms in total. The minimum absolute atomic E-state index is 0.396. The summed E-state index contributed by atoms with van der Waals surface area (Å²) in [7, 11) is 4.30. The molecule has 0 unspecified atom stereocenters. The zero-order valence-corrected chi connectivity index (χ0v) is 15.0. The fourth-order valence-corrected chi connectivity index (χ4v) is 3.32. The van der Waals surface area contributed by atoms with Crippen molar-refractivity contribution in [3.8, 4) is 0 Å². The first kappa shape index (κ1) is 17.0. The van der Waals surface area contributed by atoms with Crippen LogP contribution in [0.4, 0.5) is 5.82 Å². The Morgan fingerprint density at radius 1 is 1.29 bits per heavy atom. The normalized spacial score (nSPS) is 18.2. The summed E-state index contributed by atoms with van der Waals surface area (Å²) in [5.74, 6) is 1.70. The molecular weight excluding hydrogens is 298 g/mol. The lowest BCUT2D eigenvalue weighted by molar-refractivity contribution is 0.279. The van der Waals surface area contributed by atoms with Crippen molar-refractivity contribution in [1.82, 2.24) is 20.0 Å². The topological polar surface area (TPSA) is 45.1 Å². The number of hydrogen-bond donors (Lipinski definition) is 2. The Labute approximate surface area is 145 Å². The zero-order valence-electron chi connectivity index (χ0n) is 15.0. The number of rotatable bonds is 7. The third-order valence-electron chi connectivity index (χ3n) is 4.89. The minimum atomic E-state index is 0.396. The molecule has 2 N–H and O–H groups in total. The van der Waals surface area contributed by atoms with Gasteiger partial charge in [0.05, 0.1) is 6.20 Å². The van der Waals surface area contributed by atoms with Crippen molar-refractivity contribution in [2.45, 2.75) is 25.9 Å². The molecule has 2 atom stereocenters. The molecule has 0 aliphatic carbocycles.